The molecular formula is C19H21ClFO6P. The molecular weight excluding hydrogens is 410 g/mol. The van der Waals surface area contributed by atoms with Crippen molar-refractivity contribution in [3.8, 4) is 5.75 Å². The molecule has 6 nitrogen and oxygen atoms in total. The molecule has 0 fully saturated rings. The van der Waals surface area contributed by atoms with E-state index < -0.39 is 25.2 Å². The third kappa shape index (κ3) is 6.04. The summed E-state index contributed by atoms with van der Waals surface area (Å²) in [5.41, 5.74) is 0.497. The fourth-order valence-electron chi connectivity index (χ4n) is 2.37. The standard InChI is InChI=1S/C19H21ClFO6P/c1-24-28(23,25-2)19(14-7-4-3-5-8-14)27-18(22)9-6-12-26-17-11-10-15(21)13-16(17)20/h3-5,7-8,10-11,13,19H,6,9,12H2,1-2H3. The van der Waals surface area contributed by atoms with Crippen molar-refractivity contribution in [1.82, 2.24) is 0 Å². The maximum atomic E-state index is 13.0. The Hall–Kier alpha value is -1.92. The molecule has 2 rings (SSSR count). The predicted octanol–water partition coefficient (Wildman–Crippen LogP) is 5.37. The number of rotatable bonds is 10. The van der Waals surface area contributed by atoms with E-state index in [1.165, 1.54) is 26.4 Å². The smallest absolute Gasteiger partial charge is 0.375 e. The molecule has 0 aliphatic carbocycles. The number of halogens is 2. The van der Waals surface area contributed by atoms with E-state index in [9.17, 15) is 13.8 Å². The molecule has 0 saturated carbocycles. The van der Waals surface area contributed by atoms with E-state index in [0.717, 1.165) is 6.07 Å². The Labute approximate surface area is 168 Å². The van der Waals surface area contributed by atoms with Crippen LogP contribution >= 0.6 is 19.2 Å². The number of esters is 1. The quantitative estimate of drug-likeness (QED) is 0.287. The van der Waals surface area contributed by atoms with Gasteiger partial charge < -0.3 is 18.5 Å². The molecule has 0 bridgehead atoms. The molecule has 152 valence electrons. The molecule has 2 aromatic carbocycles. The first-order valence-corrected chi connectivity index (χ1v) is 10.4. The highest BCUT2D eigenvalue weighted by molar-refractivity contribution is 7.54. The van der Waals surface area contributed by atoms with E-state index in [-0.39, 0.29) is 18.1 Å². The molecule has 0 saturated heterocycles. The number of hydrogen-bond acceptors (Lipinski definition) is 6. The summed E-state index contributed by atoms with van der Waals surface area (Å²) >= 11 is 5.87. The van der Waals surface area contributed by atoms with Crippen molar-refractivity contribution in [3.05, 3.63) is 64.9 Å². The molecule has 0 radical (unpaired) electrons. The SMILES string of the molecule is COP(=O)(OC)C(OC(=O)CCCOc1ccc(F)cc1Cl)c1ccccc1. The van der Waals surface area contributed by atoms with Crippen LogP contribution in [0.15, 0.2) is 48.5 Å². The largest absolute Gasteiger partial charge is 0.492 e. The number of hydrogen-bond donors (Lipinski definition) is 0. The summed E-state index contributed by atoms with van der Waals surface area (Å²) in [6.45, 7) is 0.169. The third-order valence-electron chi connectivity index (χ3n) is 3.80. The molecule has 0 aromatic heterocycles. The summed E-state index contributed by atoms with van der Waals surface area (Å²) in [5.74, 6) is -1.91. The molecule has 0 amide bonds. The first-order chi connectivity index (χ1) is 13.4. The molecule has 0 N–H and O–H groups in total. The van der Waals surface area contributed by atoms with E-state index in [1.54, 1.807) is 30.3 Å². The van der Waals surface area contributed by atoms with Crippen molar-refractivity contribution in [3.63, 3.8) is 0 Å². The molecule has 0 aliphatic rings. The predicted molar refractivity (Wildman–Crippen MR) is 103 cm³/mol. The molecule has 0 aliphatic heterocycles. The van der Waals surface area contributed by atoms with Gasteiger partial charge in [-0.3, -0.25) is 9.36 Å². The minimum Gasteiger partial charge on any atom is -0.492 e. The van der Waals surface area contributed by atoms with Crippen LogP contribution in [-0.4, -0.2) is 26.8 Å². The van der Waals surface area contributed by atoms with Crippen LogP contribution in [0.3, 0.4) is 0 Å². The number of benzene rings is 2. The Balaban J connectivity index is 1.93. The van der Waals surface area contributed by atoms with E-state index in [0.29, 0.717) is 17.7 Å². The van der Waals surface area contributed by atoms with Gasteiger partial charge in [0.2, 0.25) is 5.85 Å². The maximum absolute atomic E-state index is 13.0. The van der Waals surface area contributed by atoms with Gasteiger partial charge in [0, 0.05) is 26.2 Å². The highest BCUT2D eigenvalue weighted by atomic mass is 35.5. The monoisotopic (exact) mass is 430 g/mol. The van der Waals surface area contributed by atoms with Gasteiger partial charge in [-0.1, -0.05) is 41.9 Å². The topological polar surface area (TPSA) is 71.1 Å². The summed E-state index contributed by atoms with van der Waals surface area (Å²) in [5, 5.41) is 0.146. The lowest BCUT2D eigenvalue weighted by Crippen LogP contribution is -2.14. The fraction of sp³-hybridized carbons (Fsp3) is 0.316. The van der Waals surface area contributed by atoms with Gasteiger partial charge >= 0.3 is 13.6 Å². The molecule has 1 atom stereocenters. The Morgan fingerprint density at radius 2 is 1.82 bits per heavy atom. The molecule has 0 spiro atoms. The Morgan fingerprint density at radius 3 is 2.43 bits per heavy atom. The Kier molecular flexibility index (Phi) is 8.45. The lowest BCUT2D eigenvalue weighted by molar-refractivity contribution is -0.146. The Bertz CT molecular complexity index is 824. The van der Waals surface area contributed by atoms with Gasteiger partial charge in [-0.25, -0.2) is 4.39 Å². The fourth-order valence-corrected chi connectivity index (χ4v) is 3.91. The van der Waals surface area contributed by atoms with Gasteiger partial charge in [0.1, 0.15) is 11.6 Å². The number of carbonyl (C=O) groups excluding carboxylic acids is 1. The minimum absolute atomic E-state index is 0.00950. The number of carbonyl (C=O) groups is 1. The van der Waals surface area contributed by atoms with Gasteiger partial charge in [0.15, 0.2) is 0 Å². The molecule has 2 aromatic rings. The van der Waals surface area contributed by atoms with Crippen LogP contribution in [0.4, 0.5) is 4.39 Å². The Morgan fingerprint density at radius 1 is 1.14 bits per heavy atom. The van der Waals surface area contributed by atoms with E-state index >= 15 is 0 Å². The lowest BCUT2D eigenvalue weighted by Gasteiger charge is -2.24. The second-order valence-corrected chi connectivity index (χ2v) is 8.37. The number of ether oxygens (including phenoxy) is 2. The first kappa shape index (κ1) is 22.4. The molecule has 9 heteroatoms. The van der Waals surface area contributed by atoms with Gasteiger partial charge in [0.25, 0.3) is 0 Å². The summed E-state index contributed by atoms with van der Waals surface area (Å²) in [7, 11) is -1.23. The van der Waals surface area contributed by atoms with Crippen molar-refractivity contribution in [2.75, 3.05) is 20.8 Å². The molecule has 28 heavy (non-hydrogen) atoms. The van der Waals surface area contributed by atoms with Crippen molar-refractivity contribution >= 4 is 25.2 Å². The summed E-state index contributed by atoms with van der Waals surface area (Å²) in [6.07, 6.45) is 0.327. The van der Waals surface area contributed by atoms with Crippen LogP contribution in [0.25, 0.3) is 0 Å². The minimum atomic E-state index is -3.69. The van der Waals surface area contributed by atoms with Gasteiger partial charge in [-0.15, -0.1) is 0 Å². The van der Waals surface area contributed by atoms with Crippen molar-refractivity contribution in [1.29, 1.82) is 0 Å². The lowest BCUT2D eigenvalue weighted by atomic mass is 10.2. The van der Waals surface area contributed by atoms with Gasteiger partial charge in [0.05, 0.1) is 11.6 Å². The van der Waals surface area contributed by atoms with E-state index in [4.69, 9.17) is 30.1 Å². The van der Waals surface area contributed by atoms with Crippen LogP contribution in [-0.2, 0) is 23.1 Å². The maximum Gasteiger partial charge on any atom is 0.375 e. The van der Waals surface area contributed by atoms with Crippen LogP contribution in [0.5, 0.6) is 5.75 Å². The van der Waals surface area contributed by atoms with E-state index in [1.807, 2.05) is 0 Å². The average Bonchev–Trinajstić information content (AvgIpc) is 2.70. The van der Waals surface area contributed by atoms with Crippen LogP contribution < -0.4 is 4.74 Å². The van der Waals surface area contributed by atoms with Crippen molar-refractivity contribution < 1.29 is 32.3 Å². The first-order valence-electron chi connectivity index (χ1n) is 8.43. The van der Waals surface area contributed by atoms with Crippen molar-refractivity contribution in [2.45, 2.75) is 18.7 Å². The zero-order valence-corrected chi connectivity index (χ0v) is 17.1. The highest BCUT2D eigenvalue weighted by Crippen LogP contribution is 2.60. The van der Waals surface area contributed by atoms with Crippen LogP contribution in [0.1, 0.15) is 24.3 Å². The second-order valence-electron chi connectivity index (χ2n) is 5.68. The summed E-state index contributed by atoms with van der Waals surface area (Å²) in [4.78, 5) is 12.2. The van der Waals surface area contributed by atoms with Gasteiger partial charge in [-0.2, -0.15) is 0 Å². The van der Waals surface area contributed by atoms with E-state index in [2.05, 4.69) is 0 Å². The molecule has 0 heterocycles. The van der Waals surface area contributed by atoms with Crippen LogP contribution in [0, 0.1) is 5.82 Å². The normalized spacial score (nSPS) is 12.4. The van der Waals surface area contributed by atoms with Gasteiger partial charge in [-0.05, 0) is 24.6 Å². The highest BCUT2D eigenvalue weighted by Gasteiger charge is 2.38. The summed E-state index contributed by atoms with van der Waals surface area (Å²) < 4.78 is 46.6. The second kappa shape index (κ2) is 10.6. The third-order valence-corrected chi connectivity index (χ3v) is 6.09. The summed E-state index contributed by atoms with van der Waals surface area (Å²) in [6, 6.07) is 12.4. The molecule has 1 unspecified atom stereocenters. The zero-order valence-electron chi connectivity index (χ0n) is 15.5. The average molecular weight is 431 g/mol. The zero-order chi connectivity index (χ0) is 20.6. The van der Waals surface area contributed by atoms with Crippen LogP contribution in [0.2, 0.25) is 5.02 Å². The van der Waals surface area contributed by atoms with Crippen molar-refractivity contribution in [2.24, 2.45) is 0 Å².